The van der Waals surface area contributed by atoms with Crippen molar-refractivity contribution in [3.05, 3.63) is 0 Å². The smallest absolute Gasteiger partial charge is 0.239 e. The molecule has 0 aromatic rings. The molecule has 4 nitrogen and oxygen atoms in total. The minimum Gasteiger partial charge on any atom is -0.394 e. The Morgan fingerprint density at radius 2 is 2.36 bits per heavy atom. The highest BCUT2D eigenvalue weighted by Gasteiger charge is 2.34. The number of aliphatic hydroxyl groups is 1. The molecule has 0 saturated carbocycles. The SMILES string of the molecule is CC(C)(Br)C(=O)N1CCOCC1CO. The highest BCUT2D eigenvalue weighted by molar-refractivity contribution is 9.10. The first-order valence-electron chi connectivity index (χ1n) is 4.65. The van der Waals surface area contributed by atoms with Gasteiger partial charge in [0.25, 0.3) is 0 Å². The molecule has 5 heteroatoms. The average molecular weight is 266 g/mol. The van der Waals surface area contributed by atoms with Crippen LogP contribution < -0.4 is 0 Å². The van der Waals surface area contributed by atoms with Crippen molar-refractivity contribution in [3.63, 3.8) is 0 Å². The van der Waals surface area contributed by atoms with Crippen molar-refractivity contribution in [1.82, 2.24) is 4.90 Å². The van der Waals surface area contributed by atoms with Crippen molar-refractivity contribution in [2.45, 2.75) is 24.2 Å². The minimum absolute atomic E-state index is 0.000139. The van der Waals surface area contributed by atoms with Crippen molar-refractivity contribution in [1.29, 1.82) is 0 Å². The van der Waals surface area contributed by atoms with E-state index in [1.54, 1.807) is 18.7 Å². The third kappa shape index (κ3) is 2.68. The Balaban J connectivity index is 2.69. The standard InChI is InChI=1S/C9H16BrNO3/c1-9(2,10)8(13)11-3-4-14-6-7(11)5-12/h7,12H,3-6H2,1-2H3. The number of carbonyl (C=O) groups excluding carboxylic acids is 1. The van der Waals surface area contributed by atoms with Gasteiger partial charge in [-0.2, -0.15) is 0 Å². The van der Waals surface area contributed by atoms with Crippen LogP contribution in [-0.2, 0) is 9.53 Å². The number of hydrogen-bond donors (Lipinski definition) is 1. The molecule has 14 heavy (non-hydrogen) atoms. The Morgan fingerprint density at radius 1 is 1.71 bits per heavy atom. The first kappa shape index (κ1) is 11.9. The Bertz CT molecular complexity index is 215. The summed E-state index contributed by atoms with van der Waals surface area (Å²) in [6, 6.07) is -0.201. The summed E-state index contributed by atoms with van der Waals surface area (Å²) in [5.41, 5.74) is 0. The molecule has 1 N–H and O–H groups in total. The van der Waals surface area contributed by atoms with Crippen LogP contribution >= 0.6 is 15.9 Å². The average Bonchev–Trinajstić information content (AvgIpc) is 2.15. The number of carbonyl (C=O) groups is 1. The lowest BCUT2D eigenvalue weighted by atomic mass is 10.1. The van der Waals surface area contributed by atoms with Gasteiger partial charge in [0.15, 0.2) is 0 Å². The Labute approximate surface area is 92.3 Å². The number of amides is 1. The summed E-state index contributed by atoms with van der Waals surface area (Å²) < 4.78 is 4.63. The zero-order chi connectivity index (χ0) is 10.8. The zero-order valence-corrected chi connectivity index (χ0v) is 10.1. The Morgan fingerprint density at radius 3 is 2.86 bits per heavy atom. The summed E-state index contributed by atoms with van der Waals surface area (Å²) in [7, 11) is 0. The maximum atomic E-state index is 11.9. The molecule has 82 valence electrons. The second-order valence-corrected chi connectivity index (χ2v) is 5.86. The number of rotatable bonds is 2. The summed E-state index contributed by atoms with van der Waals surface area (Å²) in [4.78, 5) is 13.6. The molecule has 0 aromatic carbocycles. The van der Waals surface area contributed by atoms with E-state index < -0.39 is 4.32 Å². The molecule has 1 heterocycles. The molecule has 1 amide bonds. The molecule has 1 unspecified atom stereocenters. The van der Waals surface area contributed by atoms with Crippen LogP contribution in [-0.4, -0.2) is 52.6 Å². The molecule has 1 fully saturated rings. The lowest BCUT2D eigenvalue weighted by Crippen LogP contribution is -2.54. The molecule has 0 aliphatic carbocycles. The van der Waals surface area contributed by atoms with Gasteiger partial charge >= 0.3 is 0 Å². The fourth-order valence-corrected chi connectivity index (χ4v) is 1.64. The predicted octanol–water partition coefficient (Wildman–Crippen LogP) is 0.380. The Kier molecular flexibility index (Phi) is 3.92. The highest BCUT2D eigenvalue weighted by atomic mass is 79.9. The van der Waals surface area contributed by atoms with E-state index in [4.69, 9.17) is 9.84 Å². The van der Waals surface area contributed by atoms with Crippen LogP contribution in [0.5, 0.6) is 0 Å². The van der Waals surface area contributed by atoms with Crippen LogP contribution in [0.15, 0.2) is 0 Å². The lowest BCUT2D eigenvalue weighted by molar-refractivity contribution is -0.143. The normalized spacial score (nSPS) is 23.7. The minimum atomic E-state index is -0.572. The number of alkyl halides is 1. The van der Waals surface area contributed by atoms with Gasteiger partial charge in [0.1, 0.15) is 0 Å². The number of aliphatic hydroxyl groups excluding tert-OH is 1. The van der Waals surface area contributed by atoms with Crippen LogP contribution in [0.3, 0.4) is 0 Å². The summed E-state index contributed by atoms with van der Waals surface area (Å²) in [6.45, 7) is 5.09. The summed E-state index contributed by atoms with van der Waals surface area (Å²) in [5, 5.41) is 9.09. The van der Waals surface area contributed by atoms with Gasteiger partial charge in [0.05, 0.1) is 30.2 Å². The van der Waals surface area contributed by atoms with Crippen molar-refractivity contribution < 1.29 is 14.6 Å². The monoisotopic (exact) mass is 265 g/mol. The molecule has 1 saturated heterocycles. The van der Waals surface area contributed by atoms with Gasteiger partial charge in [-0.25, -0.2) is 0 Å². The fourth-order valence-electron chi connectivity index (χ4n) is 1.41. The number of hydrogen-bond acceptors (Lipinski definition) is 3. The van der Waals surface area contributed by atoms with E-state index >= 15 is 0 Å². The molecule has 0 spiro atoms. The van der Waals surface area contributed by atoms with E-state index in [1.165, 1.54) is 0 Å². The van der Waals surface area contributed by atoms with Gasteiger partial charge in [-0.05, 0) is 13.8 Å². The molecular formula is C9H16BrNO3. The van der Waals surface area contributed by atoms with Crippen LogP contribution in [0.2, 0.25) is 0 Å². The first-order chi connectivity index (χ1) is 6.46. The van der Waals surface area contributed by atoms with E-state index in [2.05, 4.69) is 15.9 Å². The predicted molar refractivity (Wildman–Crippen MR) is 56.4 cm³/mol. The first-order valence-corrected chi connectivity index (χ1v) is 5.44. The van der Waals surface area contributed by atoms with Crippen LogP contribution in [0, 0.1) is 0 Å². The second kappa shape index (κ2) is 4.59. The summed E-state index contributed by atoms with van der Waals surface area (Å²) >= 11 is 3.32. The molecule has 1 aliphatic heterocycles. The quantitative estimate of drug-likeness (QED) is 0.735. The van der Waals surface area contributed by atoms with E-state index in [9.17, 15) is 4.79 Å². The molecule has 1 rings (SSSR count). The number of nitrogens with zero attached hydrogens (tertiary/aromatic N) is 1. The third-order valence-electron chi connectivity index (χ3n) is 2.21. The number of morpholine rings is 1. The van der Waals surface area contributed by atoms with Gasteiger partial charge in [-0.1, -0.05) is 15.9 Å². The number of ether oxygens (including phenoxy) is 1. The van der Waals surface area contributed by atoms with Crippen molar-refractivity contribution in [3.8, 4) is 0 Å². The van der Waals surface area contributed by atoms with Gasteiger partial charge < -0.3 is 14.7 Å². The maximum Gasteiger partial charge on any atom is 0.239 e. The van der Waals surface area contributed by atoms with Crippen LogP contribution in [0.25, 0.3) is 0 Å². The summed E-state index contributed by atoms with van der Waals surface area (Å²) in [5.74, 6) is -0.000139. The summed E-state index contributed by atoms with van der Waals surface area (Å²) in [6.07, 6.45) is 0. The highest BCUT2D eigenvalue weighted by Crippen LogP contribution is 2.21. The van der Waals surface area contributed by atoms with Gasteiger partial charge in [0.2, 0.25) is 5.91 Å². The van der Waals surface area contributed by atoms with E-state index in [1.807, 2.05) is 0 Å². The topological polar surface area (TPSA) is 49.8 Å². The molecule has 1 aliphatic rings. The van der Waals surface area contributed by atoms with Crippen LogP contribution in [0.4, 0.5) is 0 Å². The van der Waals surface area contributed by atoms with E-state index in [-0.39, 0.29) is 18.6 Å². The molecule has 0 radical (unpaired) electrons. The fraction of sp³-hybridized carbons (Fsp3) is 0.889. The molecule has 1 atom stereocenters. The molecular weight excluding hydrogens is 250 g/mol. The van der Waals surface area contributed by atoms with E-state index in [0.29, 0.717) is 19.8 Å². The molecule has 0 bridgehead atoms. The van der Waals surface area contributed by atoms with E-state index in [0.717, 1.165) is 0 Å². The number of halogens is 1. The third-order valence-corrected chi connectivity index (χ3v) is 2.55. The van der Waals surface area contributed by atoms with Crippen molar-refractivity contribution in [2.75, 3.05) is 26.4 Å². The van der Waals surface area contributed by atoms with Crippen LogP contribution in [0.1, 0.15) is 13.8 Å². The van der Waals surface area contributed by atoms with Gasteiger partial charge in [-0.3, -0.25) is 4.79 Å². The van der Waals surface area contributed by atoms with Gasteiger partial charge in [0, 0.05) is 6.54 Å². The molecule has 0 aromatic heterocycles. The maximum absolute atomic E-state index is 11.9. The van der Waals surface area contributed by atoms with Crippen molar-refractivity contribution >= 4 is 21.8 Å². The largest absolute Gasteiger partial charge is 0.394 e. The Hall–Kier alpha value is -0.130. The lowest BCUT2D eigenvalue weighted by Gasteiger charge is -2.37. The second-order valence-electron chi connectivity index (χ2n) is 3.88. The zero-order valence-electron chi connectivity index (χ0n) is 8.49. The van der Waals surface area contributed by atoms with Crippen molar-refractivity contribution in [2.24, 2.45) is 0 Å². The van der Waals surface area contributed by atoms with Gasteiger partial charge in [-0.15, -0.1) is 0 Å².